The van der Waals surface area contributed by atoms with Crippen LogP contribution in [0.1, 0.15) is 38.4 Å². The SMILES string of the molecule is CCOc1ccccc1C(O)CN1CCCC(OCC)C1. The maximum absolute atomic E-state index is 10.5. The molecule has 4 nitrogen and oxygen atoms in total. The highest BCUT2D eigenvalue weighted by molar-refractivity contribution is 5.35. The van der Waals surface area contributed by atoms with E-state index in [1.165, 1.54) is 0 Å². The van der Waals surface area contributed by atoms with Crippen LogP contribution in [-0.2, 0) is 4.74 Å². The van der Waals surface area contributed by atoms with Crippen LogP contribution < -0.4 is 4.74 Å². The summed E-state index contributed by atoms with van der Waals surface area (Å²) >= 11 is 0. The minimum absolute atomic E-state index is 0.304. The van der Waals surface area contributed by atoms with Crippen molar-refractivity contribution in [1.29, 1.82) is 0 Å². The maximum Gasteiger partial charge on any atom is 0.125 e. The third-order valence-corrected chi connectivity index (χ3v) is 3.87. The minimum Gasteiger partial charge on any atom is -0.493 e. The van der Waals surface area contributed by atoms with Crippen LogP contribution in [0.15, 0.2) is 24.3 Å². The number of piperidine rings is 1. The standard InChI is InChI=1S/C17H27NO3/c1-3-20-14-8-7-11-18(12-14)13-16(19)15-9-5-6-10-17(15)21-4-2/h5-6,9-10,14,16,19H,3-4,7-8,11-13H2,1-2H3. The largest absolute Gasteiger partial charge is 0.493 e. The predicted molar refractivity (Wildman–Crippen MR) is 83.7 cm³/mol. The van der Waals surface area contributed by atoms with Crippen molar-refractivity contribution in [2.45, 2.75) is 38.9 Å². The number of likely N-dealkylation sites (tertiary alicyclic amines) is 1. The number of hydrogen-bond donors (Lipinski definition) is 1. The Bertz CT molecular complexity index is 422. The highest BCUT2D eigenvalue weighted by atomic mass is 16.5. The van der Waals surface area contributed by atoms with Crippen molar-refractivity contribution in [3.63, 3.8) is 0 Å². The van der Waals surface area contributed by atoms with Crippen LogP contribution in [0, 0.1) is 0 Å². The molecule has 1 saturated heterocycles. The van der Waals surface area contributed by atoms with Crippen molar-refractivity contribution in [2.75, 3.05) is 32.8 Å². The Morgan fingerprint density at radius 2 is 2.10 bits per heavy atom. The van der Waals surface area contributed by atoms with Crippen molar-refractivity contribution >= 4 is 0 Å². The smallest absolute Gasteiger partial charge is 0.125 e. The van der Waals surface area contributed by atoms with Gasteiger partial charge in [0.25, 0.3) is 0 Å². The van der Waals surface area contributed by atoms with Gasteiger partial charge >= 0.3 is 0 Å². The Labute approximate surface area is 127 Å². The minimum atomic E-state index is -0.520. The first-order valence-corrected chi connectivity index (χ1v) is 7.98. The molecule has 4 heteroatoms. The number of rotatable bonds is 7. The van der Waals surface area contributed by atoms with Crippen LogP contribution in [0.4, 0.5) is 0 Å². The topological polar surface area (TPSA) is 41.9 Å². The first-order chi connectivity index (χ1) is 10.2. The second-order valence-corrected chi connectivity index (χ2v) is 5.47. The molecule has 0 amide bonds. The predicted octanol–water partition coefficient (Wildman–Crippen LogP) is 2.62. The van der Waals surface area contributed by atoms with E-state index in [2.05, 4.69) is 4.90 Å². The fourth-order valence-electron chi connectivity index (χ4n) is 2.94. The quantitative estimate of drug-likeness (QED) is 0.839. The van der Waals surface area contributed by atoms with E-state index in [1.807, 2.05) is 38.1 Å². The summed E-state index contributed by atoms with van der Waals surface area (Å²) in [7, 11) is 0. The van der Waals surface area contributed by atoms with E-state index in [4.69, 9.17) is 9.47 Å². The second-order valence-electron chi connectivity index (χ2n) is 5.47. The summed E-state index contributed by atoms with van der Waals surface area (Å²) in [4.78, 5) is 2.29. The van der Waals surface area contributed by atoms with Gasteiger partial charge in [-0.3, -0.25) is 4.90 Å². The number of aliphatic hydroxyl groups is 1. The molecule has 2 atom stereocenters. The molecular formula is C17H27NO3. The maximum atomic E-state index is 10.5. The van der Waals surface area contributed by atoms with Gasteiger partial charge in [-0.2, -0.15) is 0 Å². The van der Waals surface area contributed by atoms with E-state index >= 15 is 0 Å². The molecule has 1 aromatic rings. The lowest BCUT2D eigenvalue weighted by Gasteiger charge is -2.33. The van der Waals surface area contributed by atoms with Gasteiger partial charge in [0.2, 0.25) is 0 Å². The molecule has 0 bridgehead atoms. The van der Waals surface area contributed by atoms with Crippen LogP contribution in [-0.4, -0.2) is 49.0 Å². The van der Waals surface area contributed by atoms with Gasteiger partial charge in [0.05, 0.1) is 18.8 Å². The highest BCUT2D eigenvalue weighted by Gasteiger charge is 2.23. The lowest BCUT2D eigenvalue weighted by molar-refractivity contribution is -0.00729. The molecule has 2 rings (SSSR count). The van der Waals surface area contributed by atoms with Crippen molar-refractivity contribution in [2.24, 2.45) is 0 Å². The fraction of sp³-hybridized carbons (Fsp3) is 0.647. The molecular weight excluding hydrogens is 266 g/mol. The lowest BCUT2D eigenvalue weighted by atomic mass is 10.0. The van der Waals surface area contributed by atoms with Gasteiger partial charge in [-0.1, -0.05) is 18.2 Å². The average molecular weight is 293 g/mol. The van der Waals surface area contributed by atoms with Crippen LogP contribution in [0.25, 0.3) is 0 Å². The summed E-state index contributed by atoms with van der Waals surface area (Å²) in [6.07, 6.45) is 2.03. The lowest BCUT2D eigenvalue weighted by Crippen LogP contribution is -2.41. The van der Waals surface area contributed by atoms with E-state index in [0.717, 1.165) is 43.9 Å². The van der Waals surface area contributed by atoms with Gasteiger partial charge in [-0.15, -0.1) is 0 Å². The average Bonchev–Trinajstić information content (AvgIpc) is 2.49. The zero-order valence-corrected chi connectivity index (χ0v) is 13.1. The monoisotopic (exact) mass is 293 g/mol. The number of ether oxygens (including phenoxy) is 2. The first-order valence-electron chi connectivity index (χ1n) is 7.98. The summed E-state index contributed by atoms with van der Waals surface area (Å²) in [6.45, 7) is 7.92. The summed E-state index contributed by atoms with van der Waals surface area (Å²) in [5, 5.41) is 10.5. The Hall–Kier alpha value is -1.10. The summed E-state index contributed by atoms with van der Waals surface area (Å²) in [6, 6.07) is 7.74. The molecule has 1 heterocycles. The zero-order valence-electron chi connectivity index (χ0n) is 13.1. The van der Waals surface area contributed by atoms with E-state index in [0.29, 0.717) is 19.3 Å². The van der Waals surface area contributed by atoms with E-state index in [-0.39, 0.29) is 0 Å². The molecule has 2 unspecified atom stereocenters. The number of hydrogen-bond acceptors (Lipinski definition) is 4. The van der Waals surface area contributed by atoms with Crippen LogP contribution in [0.2, 0.25) is 0 Å². The van der Waals surface area contributed by atoms with Crippen LogP contribution in [0.3, 0.4) is 0 Å². The van der Waals surface area contributed by atoms with Gasteiger partial charge in [-0.05, 0) is 39.3 Å². The van der Waals surface area contributed by atoms with Gasteiger partial charge in [0.1, 0.15) is 5.75 Å². The van der Waals surface area contributed by atoms with Gasteiger partial charge < -0.3 is 14.6 Å². The van der Waals surface area contributed by atoms with E-state index in [1.54, 1.807) is 0 Å². The molecule has 1 aliphatic rings. The number of aliphatic hydroxyl groups excluding tert-OH is 1. The summed E-state index contributed by atoms with van der Waals surface area (Å²) in [5.74, 6) is 0.783. The molecule has 1 aliphatic heterocycles. The van der Waals surface area contributed by atoms with Crippen molar-refractivity contribution in [3.8, 4) is 5.75 Å². The Morgan fingerprint density at radius 3 is 2.86 bits per heavy atom. The number of benzene rings is 1. The fourth-order valence-corrected chi connectivity index (χ4v) is 2.94. The molecule has 1 aromatic carbocycles. The van der Waals surface area contributed by atoms with Gasteiger partial charge in [0.15, 0.2) is 0 Å². The molecule has 0 saturated carbocycles. The second kappa shape index (κ2) is 8.37. The summed E-state index contributed by atoms with van der Waals surface area (Å²) < 4.78 is 11.3. The third kappa shape index (κ3) is 4.70. The Balaban J connectivity index is 1.96. The Morgan fingerprint density at radius 1 is 1.29 bits per heavy atom. The highest BCUT2D eigenvalue weighted by Crippen LogP contribution is 2.26. The zero-order chi connectivity index (χ0) is 15.1. The van der Waals surface area contributed by atoms with Gasteiger partial charge in [0, 0.05) is 25.3 Å². The molecule has 0 aliphatic carbocycles. The van der Waals surface area contributed by atoms with Crippen LogP contribution in [0.5, 0.6) is 5.75 Å². The van der Waals surface area contributed by atoms with Crippen molar-refractivity contribution < 1.29 is 14.6 Å². The first kappa shape index (κ1) is 16.3. The molecule has 0 spiro atoms. The molecule has 0 radical (unpaired) electrons. The molecule has 21 heavy (non-hydrogen) atoms. The van der Waals surface area contributed by atoms with E-state index < -0.39 is 6.10 Å². The number of β-amino-alcohol motifs (C(OH)–C–C–N with tert-alkyl or cyclic N) is 1. The van der Waals surface area contributed by atoms with Crippen molar-refractivity contribution in [3.05, 3.63) is 29.8 Å². The molecule has 118 valence electrons. The number of para-hydroxylation sites is 1. The molecule has 1 fully saturated rings. The van der Waals surface area contributed by atoms with E-state index in [9.17, 15) is 5.11 Å². The molecule has 0 aromatic heterocycles. The number of nitrogens with zero attached hydrogens (tertiary/aromatic N) is 1. The Kier molecular flexibility index (Phi) is 6.49. The summed E-state index contributed by atoms with van der Waals surface area (Å²) in [5.41, 5.74) is 0.873. The third-order valence-electron chi connectivity index (χ3n) is 3.87. The molecule has 1 N–H and O–H groups in total. The van der Waals surface area contributed by atoms with Gasteiger partial charge in [-0.25, -0.2) is 0 Å². The van der Waals surface area contributed by atoms with Crippen LogP contribution >= 0.6 is 0 Å². The normalized spacial score (nSPS) is 21.2. The van der Waals surface area contributed by atoms with Crippen molar-refractivity contribution in [1.82, 2.24) is 4.90 Å².